The van der Waals surface area contributed by atoms with Gasteiger partial charge in [0.05, 0.1) is 11.6 Å². The summed E-state index contributed by atoms with van der Waals surface area (Å²) < 4.78 is 1.65. The van der Waals surface area contributed by atoms with Gasteiger partial charge in [0, 0.05) is 13.6 Å². The van der Waals surface area contributed by atoms with Crippen molar-refractivity contribution >= 4 is 22.8 Å². The zero-order valence-corrected chi connectivity index (χ0v) is 11.2. The van der Waals surface area contributed by atoms with Crippen LogP contribution in [0.2, 0.25) is 0 Å². The highest BCUT2D eigenvalue weighted by Gasteiger charge is 2.18. The van der Waals surface area contributed by atoms with E-state index in [1.54, 1.807) is 22.8 Å². The van der Waals surface area contributed by atoms with Crippen LogP contribution in [0.1, 0.15) is 13.8 Å². The van der Waals surface area contributed by atoms with Crippen LogP contribution >= 0.6 is 0 Å². The third-order valence-electron chi connectivity index (χ3n) is 2.72. The fraction of sp³-hybridized carbons (Fsp3) is 0.500. The van der Waals surface area contributed by atoms with E-state index in [4.69, 9.17) is 5.11 Å². The minimum absolute atomic E-state index is 0.0841. The summed E-state index contributed by atoms with van der Waals surface area (Å²) in [6.45, 7) is 4.61. The van der Waals surface area contributed by atoms with Gasteiger partial charge < -0.3 is 10.0 Å². The first-order valence-corrected chi connectivity index (χ1v) is 6.08. The molecule has 0 fully saturated rings. The van der Waals surface area contributed by atoms with Gasteiger partial charge >= 0.3 is 5.97 Å². The topological polar surface area (TPSA) is 84.1 Å². The first-order chi connectivity index (χ1) is 8.99. The molecule has 7 heteroatoms. The van der Waals surface area contributed by atoms with Gasteiger partial charge in [-0.2, -0.15) is 5.10 Å². The SMILES string of the molecule is CC(C)CN(CC(=O)O)c1ncnc2c1cnn2C. The number of rotatable bonds is 5. The molecule has 0 aliphatic carbocycles. The summed E-state index contributed by atoms with van der Waals surface area (Å²) in [6.07, 6.45) is 3.11. The number of hydrogen-bond acceptors (Lipinski definition) is 5. The second-order valence-corrected chi connectivity index (χ2v) is 4.87. The lowest BCUT2D eigenvalue weighted by Crippen LogP contribution is -2.33. The molecule has 2 aromatic rings. The molecule has 0 bridgehead atoms. The zero-order valence-electron chi connectivity index (χ0n) is 11.2. The molecule has 0 saturated carbocycles. The number of nitrogens with zero attached hydrogens (tertiary/aromatic N) is 5. The number of carboxylic acids is 1. The van der Waals surface area contributed by atoms with Crippen LogP contribution in [-0.4, -0.2) is 43.9 Å². The van der Waals surface area contributed by atoms with E-state index < -0.39 is 5.97 Å². The molecule has 2 heterocycles. The summed E-state index contributed by atoms with van der Waals surface area (Å²) >= 11 is 0. The van der Waals surface area contributed by atoms with Gasteiger partial charge in [0.25, 0.3) is 0 Å². The molecule has 0 unspecified atom stereocenters. The van der Waals surface area contributed by atoms with Crippen LogP contribution in [0.15, 0.2) is 12.5 Å². The number of carboxylic acid groups (broad SMARTS) is 1. The number of fused-ring (bicyclic) bond motifs is 1. The average molecular weight is 263 g/mol. The van der Waals surface area contributed by atoms with Crippen molar-refractivity contribution in [2.75, 3.05) is 18.0 Å². The van der Waals surface area contributed by atoms with Crippen LogP contribution in [0.4, 0.5) is 5.82 Å². The molecule has 102 valence electrons. The molecule has 19 heavy (non-hydrogen) atoms. The Kier molecular flexibility index (Phi) is 3.64. The minimum atomic E-state index is -0.878. The lowest BCUT2D eigenvalue weighted by Gasteiger charge is -2.23. The van der Waals surface area contributed by atoms with Gasteiger partial charge in [0.1, 0.15) is 18.7 Å². The molecule has 0 aliphatic rings. The quantitative estimate of drug-likeness (QED) is 0.863. The van der Waals surface area contributed by atoms with E-state index in [1.165, 1.54) is 6.33 Å². The molecule has 0 saturated heterocycles. The molecule has 0 aromatic carbocycles. The second-order valence-electron chi connectivity index (χ2n) is 4.87. The molecular formula is C12H17N5O2. The second kappa shape index (κ2) is 5.21. The molecule has 0 spiro atoms. The van der Waals surface area contributed by atoms with Crippen LogP contribution < -0.4 is 4.90 Å². The van der Waals surface area contributed by atoms with Crippen molar-refractivity contribution in [1.29, 1.82) is 0 Å². The maximum atomic E-state index is 11.0. The Hall–Kier alpha value is -2.18. The summed E-state index contributed by atoms with van der Waals surface area (Å²) in [5.74, 6) is 0.0755. The van der Waals surface area contributed by atoms with Crippen molar-refractivity contribution < 1.29 is 9.90 Å². The number of aromatic nitrogens is 4. The van der Waals surface area contributed by atoms with E-state index >= 15 is 0 Å². The molecule has 0 amide bonds. The van der Waals surface area contributed by atoms with Crippen molar-refractivity contribution in [1.82, 2.24) is 19.7 Å². The van der Waals surface area contributed by atoms with Crippen molar-refractivity contribution in [2.24, 2.45) is 13.0 Å². The number of aryl methyl sites for hydroxylation is 1. The summed E-state index contributed by atoms with van der Waals surface area (Å²) in [4.78, 5) is 21.1. The van der Waals surface area contributed by atoms with E-state index in [-0.39, 0.29) is 6.54 Å². The van der Waals surface area contributed by atoms with Gasteiger partial charge in [0.15, 0.2) is 5.65 Å². The Morgan fingerprint density at radius 3 is 2.84 bits per heavy atom. The molecule has 7 nitrogen and oxygen atoms in total. The average Bonchev–Trinajstić information content (AvgIpc) is 2.69. The molecular weight excluding hydrogens is 246 g/mol. The number of hydrogen-bond donors (Lipinski definition) is 1. The highest BCUT2D eigenvalue weighted by atomic mass is 16.4. The third kappa shape index (κ3) is 2.81. The lowest BCUT2D eigenvalue weighted by molar-refractivity contribution is -0.135. The van der Waals surface area contributed by atoms with Gasteiger partial charge in [-0.15, -0.1) is 0 Å². The Morgan fingerprint density at radius 1 is 1.47 bits per heavy atom. The maximum Gasteiger partial charge on any atom is 0.323 e. The highest BCUT2D eigenvalue weighted by Crippen LogP contribution is 2.22. The number of aliphatic carboxylic acids is 1. The molecule has 2 rings (SSSR count). The largest absolute Gasteiger partial charge is 0.480 e. The smallest absolute Gasteiger partial charge is 0.323 e. The first-order valence-electron chi connectivity index (χ1n) is 6.08. The molecule has 0 radical (unpaired) electrons. The van der Waals surface area contributed by atoms with Crippen molar-refractivity contribution in [3.8, 4) is 0 Å². The van der Waals surface area contributed by atoms with Gasteiger partial charge in [-0.25, -0.2) is 9.97 Å². The first kappa shape index (κ1) is 13.3. The summed E-state index contributed by atoms with van der Waals surface area (Å²) in [6, 6.07) is 0. The standard InChI is InChI=1S/C12H17N5O2/c1-8(2)5-17(6-10(18)19)12-9-4-15-16(3)11(9)13-7-14-12/h4,7-8H,5-6H2,1-3H3,(H,18,19). The predicted octanol–water partition coefficient (Wildman–Crippen LogP) is 0.910. The molecule has 0 atom stereocenters. The third-order valence-corrected chi connectivity index (χ3v) is 2.72. The summed E-state index contributed by atoms with van der Waals surface area (Å²) in [7, 11) is 1.79. The predicted molar refractivity (Wildman–Crippen MR) is 71.0 cm³/mol. The zero-order chi connectivity index (χ0) is 14.0. The number of carbonyl (C=O) groups is 1. The lowest BCUT2D eigenvalue weighted by atomic mass is 10.2. The van der Waals surface area contributed by atoms with Gasteiger partial charge in [0.2, 0.25) is 0 Å². The van der Waals surface area contributed by atoms with Crippen LogP contribution in [0.3, 0.4) is 0 Å². The van der Waals surface area contributed by atoms with Crippen LogP contribution in [0.5, 0.6) is 0 Å². The maximum absolute atomic E-state index is 11.0. The minimum Gasteiger partial charge on any atom is -0.480 e. The molecule has 0 aliphatic heterocycles. The van der Waals surface area contributed by atoms with Crippen LogP contribution in [0.25, 0.3) is 11.0 Å². The monoisotopic (exact) mass is 263 g/mol. The van der Waals surface area contributed by atoms with Gasteiger partial charge in [-0.3, -0.25) is 9.48 Å². The Bertz CT molecular complexity index is 593. The Morgan fingerprint density at radius 2 is 2.21 bits per heavy atom. The van der Waals surface area contributed by atoms with Crippen LogP contribution in [-0.2, 0) is 11.8 Å². The summed E-state index contributed by atoms with van der Waals surface area (Å²) in [5.41, 5.74) is 0.698. The van der Waals surface area contributed by atoms with Gasteiger partial charge in [-0.1, -0.05) is 13.8 Å². The van der Waals surface area contributed by atoms with E-state index in [0.717, 1.165) is 5.39 Å². The van der Waals surface area contributed by atoms with Gasteiger partial charge in [-0.05, 0) is 5.92 Å². The number of anilines is 1. The van der Waals surface area contributed by atoms with Crippen LogP contribution in [0, 0.1) is 5.92 Å². The van der Waals surface area contributed by atoms with E-state index in [1.807, 2.05) is 13.8 Å². The fourth-order valence-corrected chi connectivity index (χ4v) is 2.03. The normalized spacial score (nSPS) is 11.2. The Labute approximate surface area is 110 Å². The molecule has 1 N–H and O–H groups in total. The fourth-order valence-electron chi connectivity index (χ4n) is 2.03. The molecule has 2 aromatic heterocycles. The van der Waals surface area contributed by atoms with Crippen molar-refractivity contribution in [2.45, 2.75) is 13.8 Å². The van der Waals surface area contributed by atoms with E-state index in [2.05, 4.69) is 15.1 Å². The highest BCUT2D eigenvalue weighted by molar-refractivity contribution is 5.88. The van der Waals surface area contributed by atoms with Crippen molar-refractivity contribution in [3.63, 3.8) is 0 Å². The Balaban J connectivity index is 2.45. The van der Waals surface area contributed by atoms with E-state index in [9.17, 15) is 4.79 Å². The van der Waals surface area contributed by atoms with Crippen molar-refractivity contribution in [3.05, 3.63) is 12.5 Å². The summed E-state index contributed by atoms with van der Waals surface area (Å²) in [5, 5.41) is 13.9. The van der Waals surface area contributed by atoms with E-state index in [0.29, 0.717) is 23.9 Å².